The van der Waals surface area contributed by atoms with E-state index in [-0.39, 0.29) is 35.4 Å². The number of nitrogens with one attached hydrogen (secondary N) is 2. The summed E-state index contributed by atoms with van der Waals surface area (Å²) in [5, 5.41) is 15.7. The van der Waals surface area contributed by atoms with Gasteiger partial charge in [0.2, 0.25) is 11.8 Å². The van der Waals surface area contributed by atoms with Crippen LogP contribution in [-0.2, 0) is 14.3 Å². The molecule has 5 atom stereocenters. The van der Waals surface area contributed by atoms with E-state index in [2.05, 4.69) is 23.3 Å². The lowest BCUT2D eigenvalue weighted by Gasteiger charge is -2.35. The summed E-state index contributed by atoms with van der Waals surface area (Å²) in [5.74, 6) is -0.314. The lowest BCUT2D eigenvalue weighted by molar-refractivity contribution is -0.143. The van der Waals surface area contributed by atoms with E-state index in [9.17, 15) is 19.5 Å². The van der Waals surface area contributed by atoms with Crippen molar-refractivity contribution in [2.45, 2.75) is 97.5 Å². The second kappa shape index (κ2) is 12.0. The van der Waals surface area contributed by atoms with Crippen molar-refractivity contribution in [3.63, 3.8) is 0 Å². The molecule has 8 nitrogen and oxygen atoms in total. The van der Waals surface area contributed by atoms with Gasteiger partial charge < -0.3 is 25.4 Å². The maximum Gasteiger partial charge on any atom is 0.408 e. The van der Waals surface area contributed by atoms with Crippen molar-refractivity contribution < 1.29 is 24.2 Å². The molecule has 1 saturated carbocycles. The maximum atomic E-state index is 13.9. The summed E-state index contributed by atoms with van der Waals surface area (Å²) in [6, 6.07) is 2.82. The van der Waals surface area contributed by atoms with Crippen LogP contribution in [0.15, 0.2) is 18.2 Å². The number of amides is 3. The molecule has 2 rings (SSSR count). The minimum absolute atomic E-state index is 0.0465. The number of alkyl carbamates (subject to hydrolysis) is 1. The Bertz CT molecular complexity index is 917. The highest BCUT2D eigenvalue weighted by Gasteiger charge is 2.48. The number of aromatic hydroxyl groups is 1. The topological polar surface area (TPSA) is 108 Å². The molecule has 196 valence electrons. The second-order valence-corrected chi connectivity index (χ2v) is 10.9. The van der Waals surface area contributed by atoms with Crippen LogP contribution in [0.25, 0.3) is 0 Å². The molecule has 0 aliphatic heterocycles. The van der Waals surface area contributed by atoms with Gasteiger partial charge in [0.05, 0.1) is 0 Å². The number of phenols is 1. The van der Waals surface area contributed by atoms with Crippen molar-refractivity contribution in [2.75, 3.05) is 5.75 Å². The van der Waals surface area contributed by atoms with E-state index in [0.29, 0.717) is 11.1 Å². The van der Waals surface area contributed by atoms with Gasteiger partial charge in [0.25, 0.3) is 0 Å². The Morgan fingerprint density at radius 2 is 1.89 bits per heavy atom. The van der Waals surface area contributed by atoms with Gasteiger partial charge >= 0.3 is 6.09 Å². The van der Waals surface area contributed by atoms with Crippen LogP contribution in [0.4, 0.5) is 4.79 Å². The smallest absolute Gasteiger partial charge is 0.408 e. The Kier molecular flexibility index (Phi) is 9.89. The summed E-state index contributed by atoms with van der Waals surface area (Å²) in [7, 11) is 0. The average molecular weight is 508 g/mol. The molecular weight excluding hydrogens is 466 g/mol. The molecule has 0 spiro atoms. The number of thiol groups is 1. The minimum atomic E-state index is -0.970. The van der Waals surface area contributed by atoms with Crippen molar-refractivity contribution in [2.24, 2.45) is 5.92 Å². The Morgan fingerprint density at radius 3 is 2.37 bits per heavy atom. The Balaban J connectivity index is 2.45. The maximum absolute atomic E-state index is 13.9. The molecule has 3 N–H and O–H groups in total. The first kappa shape index (κ1) is 28.8. The average Bonchev–Trinajstić information content (AvgIpc) is 3.46. The second-order valence-electron chi connectivity index (χ2n) is 10.6. The van der Waals surface area contributed by atoms with Gasteiger partial charge in [-0.05, 0) is 76.6 Å². The van der Waals surface area contributed by atoms with Crippen LogP contribution in [0.1, 0.15) is 78.0 Å². The van der Waals surface area contributed by atoms with Gasteiger partial charge in [0.15, 0.2) is 0 Å². The SMILES string of the molecule is CCCC(C)NC(=O)C(c1ccc(O)c(C)c1)N(C(=O)C(CS)NC(=O)OC(C)(C)C)C1CC1C. The summed E-state index contributed by atoms with van der Waals surface area (Å²) in [4.78, 5) is 41.5. The third-order valence-corrected chi connectivity index (χ3v) is 6.39. The van der Waals surface area contributed by atoms with Crippen LogP contribution >= 0.6 is 12.6 Å². The zero-order valence-electron chi connectivity index (χ0n) is 21.9. The largest absolute Gasteiger partial charge is 0.508 e. The number of hydrogen-bond donors (Lipinski definition) is 4. The molecule has 0 heterocycles. The fourth-order valence-corrected chi connectivity index (χ4v) is 4.35. The molecule has 35 heavy (non-hydrogen) atoms. The van der Waals surface area contributed by atoms with Crippen LogP contribution in [-0.4, -0.2) is 57.4 Å². The van der Waals surface area contributed by atoms with Gasteiger partial charge in [-0.1, -0.05) is 26.3 Å². The molecule has 5 unspecified atom stereocenters. The number of benzene rings is 1. The molecule has 1 aromatic carbocycles. The highest BCUT2D eigenvalue weighted by molar-refractivity contribution is 7.80. The monoisotopic (exact) mass is 507 g/mol. The van der Waals surface area contributed by atoms with E-state index >= 15 is 0 Å². The molecule has 1 aliphatic carbocycles. The fraction of sp³-hybridized carbons (Fsp3) is 0.654. The molecule has 0 aromatic heterocycles. The number of carbonyl (C=O) groups is 3. The van der Waals surface area contributed by atoms with Crippen molar-refractivity contribution in [1.82, 2.24) is 15.5 Å². The normalized spacial score (nSPS) is 19.8. The van der Waals surface area contributed by atoms with E-state index in [1.165, 1.54) is 6.07 Å². The van der Waals surface area contributed by atoms with Crippen LogP contribution in [0.3, 0.4) is 0 Å². The van der Waals surface area contributed by atoms with Gasteiger partial charge in [0, 0.05) is 17.8 Å². The van der Waals surface area contributed by atoms with Crippen molar-refractivity contribution in [3.8, 4) is 5.75 Å². The number of phenolic OH excluding ortho intramolecular Hbond substituents is 1. The van der Waals surface area contributed by atoms with Gasteiger partial charge in [-0.2, -0.15) is 12.6 Å². The first-order valence-corrected chi connectivity index (χ1v) is 12.9. The molecule has 3 amide bonds. The third kappa shape index (κ3) is 8.05. The summed E-state index contributed by atoms with van der Waals surface area (Å²) in [6.07, 6.45) is 1.75. The molecule has 1 aromatic rings. The summed E-state index contributed by atoms with van der Waals surface area (Å²) >= 11 is 4.32. The van der Waals surface area contributed by atoms with E-state index in [1.54, 1.807) is 44.7 Å². The predicted molar refractivity (Wildman–Crippen MR) is 140 cm³/mol. The molecule has 0 bridgehead atoms. The number of carbonyl (C=O) groups excluding carboxylic acids is 3. The van der Waals surface area contributed by atoms with Crippen molar-refractivity contribution in [1.29, 1.82) is 0 Å². The van der Waals surface area contributed by atoms with Crippen LogP contribution in [0.5, 0.6) is 5.75 Å². The molecule has 0 radical (unpaired) electrons. The summed E-state index contributed by atoms with van der Waals surface area (Å²) in [6.45, 7) is 13.0. The molecule has 1 aliphatic rings. The highest BCUT2D eigenvalue weighted by atomic mass is 32.1. The van der Waals surface area contributed by atoms with Crippen LogP contribution in [0.2, 0.25) is 0 Å². The number of ether oxygens (including phenoxy) is 1. The first-order valence-electron chi connectivity index (χ1n) is 12.3. The lowest BCUT2D eigenvalue weighted by Crippen LogP contribution is -2.55. The molecule has 1 fully saturated rings. The number of hydrogen-bond acceptors (Lipinski definition) is 6. The van der Waals surface area contributed by atoms with Gasteiger partial charge in [-0.25, -0.2) is 4.79 Å². The first-order chi connectivity index (χ1) is 16.3. The highest BCUT2D eigenvalue weighted by Crippen LogP contribution is 2.41. The van der Waals surface area contributed by atoms with E-state index in [1.807, 2.05) is 20.8 Å². The number of nitrogens with zero attached hydrogens (tertiary/aromatic N) is 1. The van der Waals surface area contributed by atoms with Gasteiger partial charge in [-0.3, -0.25) is 9.59 Å². The van der Waals surface area contributed by atoms with E-state index < -0.39 is 29.7 Å². The number of rotatable bonds is 10. The predicted octanol–water partition coefficient (Wildman–Crippen LogP) is 4.11. The van der Waals surface area contributed by atoms with Gasteiger partial charge in [0.1, 0.15) is 23.4 Å². The Labute approximate surface area is 214 Å². The Morgan fingerprint density at radius 1 is 1.26 bits per heavy atom. The Hall–Kier alpha value is -2.42. The zero-order valence-corrected chi connectivity index (χ0v) is 22.8. The fourth-order valence-electron chi connectivity index (χ4n) is 4.10. The van der Waals surface area contributed by atoms with Crippen molar-refractivity contribution >= 4 is 30.5 Å². The molecular formula is C26H41N3O5S. The summed E-state index contributed by atoms with van der Waals surface area (Å²) < 4.78 is 5.34. The van der Waals surface area contributed by atoms with Crippen molar-refractivity contribution in [3.05, 3.63) is 29.3 Å². The van der Waals surface area contributed by atoms with E-state index in [0.717, 1.165) is 19.3 Å². The molecule has 0 saturated heterocycles. The number of aryl methyl sites for hydroxylation is 1. The standard InChI is InChI=1S/C26H41N3O5S/c1-8-9-17(4)27-23(31)22(18-10-11-21(30)16(3)12-18)29(20-13-15(20)2)24(32)19(14-35)28-25(33)34-26(5,6)7/h10-12,15,17,19-20,22,30,35H,8-9,13-14H2,1-7H3,(H,27,31)(H,28,33). The van der Waals surface area contributed by atoms with Crippen LogP contribution in [0, 0.1) is 12.8 Å². The zero-order chi connectivity index (χ0) is 26.5. The van der Waals surface area contributed by atoms with Gasteiger partial charge in [-0.15, -0.1) is 0 Å². The molecule has 9 heteroatoms. The third-order valence-electron chi connectivity index (χ3n) is 6.02. The lowest BCUT2D eigenvalue weighted by atomic mass is 9.99. The quantitative estimate of drug-likeness (QED) is 0.357. The van der Waals surface area contributed by atoms with E-state index in [4.69, 9.17) is 4.74 Å². The van der Waals surface area contributed by atoms with Crippen LogP contribution < -0.4 is 10.6 Å². The minimum Gasteiger partial charge on any atom is -0.508 e. The summed E-state index contributed by atoms with van der Waals surface area (Å²) in [5.41, 5.74) is 0.486.